The number of nitrogens with two attached hydrogens (primary N) is 1. The molecule has 0 radical (unpaired) electrons. The average molecular weight is 244 g/mol. The van der Waals surface area contributed by atoms with E-state index in [9.17, 15) is 26.7 Å². The molecule has 1 rings (SSSR count). The van der Waals surface area contributed by atoms with Crippen LogP contribution in [0.15, 0.2) is 10.9 Å². The molecule has 0 atom stereocenters. The fourth-order valence-electron chi connectivity index (χ4n) is 0.980. The standard InChI is InChI=1S/C7H5F5N2O2/c8-5(9)2-1-3(15)14-6(13)4(2)16-7(10,11)12/h1,5H,(H3,13,14,15). The minimum absolute atomic E-state index is 0.294. The second kappa shape index (κ2) is 3.99. The molecule has 0 fully saturated rings. The van der Waals surface area contributed by atoms with Crippen LogP contribution >= 0.6 is 0 Å². The Bertz CT molecular complexity index is 439. The van der Waals surface area contributed by atoms with Crippen molar-refractivity contribution in [2.75, 3.05) is 5.73 Å². The predicted octanol–water partition coefficient (Wildman–Crippen LogP) is 1.79. The van der Waals surface area contributed by atoms with Crippen LogP contribution in [0.5, 0.6) is 5.75 Å². The Morgan fingerprint density at radius 1 is 1.38 bits per heavy atom. The number of nitrogen functional groups attached to an aromatic ring is 1. The average Bonchev–Trinajstić information content (AvgIpc) is 2.07. The normalized spacial score (nSPS) is 11.9. The largest absolute Gasteiger partial charge is 0.573 e. The molecule has 90 valence electrons. The van der Waals surface area contributed by atoms with E-state index in [0.717, 1.165) is 0 Å². The number of pyridine rings is 1. The highest BCUT2D eigenvalue weighted by Gasteiger charge is 2.34. The topological polar surface area (TPSA) is 68.1 Å². The van der Waals surface area contributed by atoms with Crippen molar-refractivity contribution in [2.24, 2.45) is 0 Å². The summed E-state index contributed by atoms with van der Waals surface area (Å²) in [6, 6.07) is 0.294. The van der Waals surface area contributed by atoms with E-state index >= 15 is 0 Å². The molecule has 1 aromatic heterocycles. The summed E-state index contributed by atoms with van der Waals surface area (Å²) < 4.78 is 63.5. The SMILES string of the molecule is Nc1[nH]c(=O)cc(C(F)F)c1OC(F)(F)F. The van der Waals surface area contributed by atoms with Gasteiger partial charge < -0.3 is 15.5 Å². The van der Waals surface area contributed by atoms with Gasteiger partial charge in [-0.1, -0.05) is 0 Å². The van der Waals surface area contributed by atoms with Crippen molar-refractivity contribution in [3.63, 3.8) is 0 Å². The molecule has 4 nitrogen and oxygen atoms in total. The smallest absolute Gasteiger partial charge is 0.401 e. The lowest BCUT2D eigenvalue weighted by molar-refractivity contribution is -0.275. The summed E-state index contributed by atoms with van der Waals surface area (Å²) in [6.45, 7) is 0. The van der Waals surface area contributed by atoms with E-state index in [4.69, 9.17) is 5.73 Å². The number of alkyl halides is 5. The molecule has 9 heteroatoms. The summed E-state index contributed by atoms with van der Waals surface area (Å²) >= 11 is 0. The van der Waals surface area contributed by atoms with Crippen molar-refractivity contribution in [2.45, 2.75) is 12.8 Å². The molecule has 0 aliphatic carbocycles. The van der Waals surface area contributed by atoms with E-state index < -0.39 is 35.5 Å². The summed E-state index contributed by atoms with van der Waals surface area (Å²) in [5.74, 6) is -2.19. The van der Waals surface area contributed by atoms with Gasteiger partial charge >= 0.3 is 6.36 Å². The highest BCUT2D eigenvalue weighted by Crippen LogP contribution is 2.34. The summed E-state index contributed by atoms with van der Waals surface area (Å²) in [5.41, 5.74) is 2.70. The second-order valence-corrected chi connectivity index (χ2v) is 2.68. The van der Waals surface area contributed by atoms with Gasteiger partial charge in [0.2, 0.25) is 5.56 Å². The van der Waals surface area contributed by atoms with E-state index in [0.29, 0.717) is 6.07 Å². The van der Waals surface area contributed by atoms with E-state index in [2.05, 4.69) is 4.74 Å². The zero-order valence-electron chi connectivity index (χ0n) is 7.44. The molecule has 1 heterocycles. The number of anilines is 1. The monoisotopic (exact) mass is 244 g/mol. The summed E-state index contributed by atoms with van der Waals surface area (Å²) in [5, 5.41) is 0. The fourth-order valence-corrected chi connectivity index (χ4v) is 0.980. The van der Waals surface area contributed by atoms with E-state index in [-0.39, 0.29) is 0 Å². The molecule has 0 spiro atoms. The van der Waals surface area contributed by atoms with Gasteiger partial charge in [0, 0.05) is 6.07 Å². The summed E-state index contributed by atoms with van der Waals surface area (Å²) in [6.07, 6.45) is -8.47. The number of hydrogen-bond acceptors (Lipinski definition) is 3. The maximum Gasteiger partial charge on any atom is 0.573 e. The predicted molar refractivity (Wildman–Crippen MR) is 43.1 cm³/mol. The first kappa shape index (κ1) is 12.3. The van der Waals surface area contributed by atoms with Gasteiger partial charge in [-0.3, -0.25) is 4.79 Å². The minimum Gasteiger partial charge on any atom is -0.401 e. The van der Waals surface area contributed by atoms with E-state index in [1.165, 1.54) is 0 Å². The molecule has 0 bridgehead atoms. The Balaban J connectivity index is 3.30. The zero-order chi connectivity index (χ0) is 12.5. The van der Waals surface area contributed by atoms with Crippen LogP contribution in [0, 0.1) is 0 Å². The van der Waals surface area contributed by atoms with Gasteiger partial charge in [0.15, 0.2) is 5.75 Å². The van der Waals surface area contributed by atoms with Crippen molar-refractivity contribution in [1.29, 1.82) is 0 Å². The van der Waals surface area contributed by atoms with Crippen LogP contribution in [0.1, 0.15) is 12.0 Å². The molecule has 0 amide bonds. The second-order valence-electron chi connectivity index (χ2n) is 2.68. The number of rotatable bonds is 2. The number of aromatic amines is 1. The van der Waals surface area contributed by atoms with Crippen LogP contribution in [-0.4, -0.2) is 11.3 Å². The van der Waals surface area contributed by atoms with Gasteiger partial charge in [-0.05, 0) is 0 Å². The molecular weight excluding hydrogens is 239 g/mol. The number of aromatic nitrogens is 1. The van der Waals surface area contributed by atoms with Crippen molar-refractivity contribution in [3.8, 4) is 5.75 Å². The van der Waals surface area contributed by atoms with Crippen LogP contribution < -0.4 is 16.0 Å². The number of H-pyrrole nitrogens is 1. The molecule has 0 aliphatic rings. The zero-order valence-corrected chi connectivity index (χ0v) is 7.44. The van der Waals surface area contributed by atoms with Gasteiger partial charge in [-0.25, -0.2) is 8.78 Å². The maximum absolute atomic E-state index is 12.3. The number of hydrogen-bond donors (Lipinski definition) is 2. The third-order valence-corrected chi connectivity index (χ3v) is 1.50. The molecule has 3 N–H and O–H groups in total. The van der Waals surface area contributed by atoms with Crippen molar-refractivity contribution < 1.29 is 26.7 Å². The molecule has 16 heavy (non-hydrogen) atoms. The van der Waals surface area contributed by atoms with Crippen LogP contribution in [0.4, 0.5) is 27.8 Å². The lowest BCUT2D eigenvalue weighted by Gasteiger charge is -2.14. The molecule has 0 saturated carbocycles. The van der Waals surface area contributed by atoms with E-state index in [1.54, 1.807) is 4.98 Å². The van der Waals surface area contributed by atoms with Crippen molar-refractivity contribution in [3.05, 3.63) is 22.0 Å². The maximum atomic E-state index is 12.3. The minimum atomic E-state index is -5.17. The molecule has 0 unspecified atom stereocenters. The number of nitrogens with one attached hydrogen (secondary N) is 1. The van der Waals surface area contributed by atoms with Gasteiger partial charge in [0.25, 0.3) is 6.43 Å². The molecule has 0 aromatic carbocycles. The summed E-state index contributed by atoms with van der Waals surface area (Å²) in [4.78, 5) is 12.4. The number of halogens is 5. The van der Waals surface area contributed by atoms with Gasteiger partial charge in [0.1, 0.15) is 5.82 Å². The first-order valence-corrected chi connectivity index (χ1v) is 3.77. The lowest BCUT2D eigenvalue weighted by Crippen LogP contribution is -2.21. The Morgan fingerprint density at radius 3 is 2.38 bits per heavy atom. The lowest BCUT2D eigenvalue weighted by atomic mass is 10.2. The van der Waals surface area contributed by atoms with Crippen molar-refractivity contribution >= 4 is 5.82 Å². The van der Waals surface area contributed by atoms with Gasteiger partial charge in [-0.15, -0.1) is 13.2 Å². The fraction of sp³-hybridized carbons (Fsp3) is 0.286. The molecule has 1 aromatic rings. The van der Waals surface area contributed by atoms with Crippen molar-refractivity contribution in [1.82, 2.24) is 4.98 Å². The first-order chi connectivity index (χ1) is 7.20. The molecule has 0 saturated heterocycles. The van der Waals surface area contributed by atoms with Gasteiger partial charge in [-0.2, -0.15) is 0 Å². The van der Waals surface area contributed by atoms with Crippen LogP contribution in [0.2, 0.25) is 0 Å². The third-order valence-electron chi connectivity index (χ3n) is 1.50. The third kappa shape index (κ3) is 2.84. The Kier molecular flexibility index (Phi) is 3.06. The Morgan fingerprint density at radius 2 is 1.94 bits per heavy atom. The first-order valence-electron chi connectivity index (χ1n) is 3.77. The quantitative estimate of drug-likeness (QED) is 0.779. The van der Waals surface area contributed by atoms with Gasteiger partial charge in [0.05, 0.1) is 5.56 Å². The Hall–Kier alpha value is -1.80. The highest BCUT2D eigenvalue weighted by molar-refractivity contribution is 5.51. The Labute approximate surface area is 84.8 Å². The van der Waals surface area contributed by atoms with Crippen LogP contribution in [-0.2, 0) is 0 Å². The number of ether oxygens (including phenoxy) is 1. The molecular formula is C7H5F5N2O2. The highest BCUT2D eigenvalue weighted by atomic mass is 19.4. The van der Waals surface area contributed by atoms with Crippen LogP contribution in [0.3, 0.4) is 0 Å². The molecule has 0 aliphatic heterocycles. The van der Waals surface area contributed by atoms with E-state index in [1.807, 2.05) is 0 Å². The van der Waals surface area contributed by atoms with Crippen LogP contribution in [0.25, 0.3) is 0 Å². The summed E-state index contributed by atoms with van der Waals surface area (Å²) in [7, 11) is 0.